The summed E-state index contributed by atoms with van der Waals surface area (Å²) in [6, 6.07) is 0. The maximum atomic E-state index is 11.2. The number of carboxylic acids is 1. The van der Waals surface area contributed by atoms with Crippen LogP contribution >= 0.6 is 0 Å². The first-order valence-electron chi connectivity index (χ1n) is 2.35. The standard InChI is InChI=1S/C6H7FO2/c1-5(6(8)9)3-2-4-7/h2-4H,1H3,(H,8,9). The minimum atomic E-state index is -1.03. The summed E-state index contributed by atoms with van der Waals surface area (Å²) in [4.78, 5) is 9.98. The van der Waals surface area contributed by atoms with Gasteiger partial charge < -0.3 is 5.11 Å². The van der Waals surface area contributed by atoms with Crippen LogP contribution in [0.25, 0.3) is 0 Å². The van der Waals surface area contributed by atoms with Gasteiger partial charge in [0, 0.05) is 5.57 Å². The third-order valence-corrected chi connectivity index (χ3v) is 0.756. The summed E-state index contributed by atoms with van der Waals surface area (Å²) in [5.41, 5.74) is 0.115. The quantitative estimate of drug-likeness (QED) is 0.454. The third-order valence-electron chi connectivity index (χ3n) is 0.756. The number of allylic oxidation sites excluding steroid dienone is 2. The molecule has 2 nitrogen and oxygen atoms in total. The Hall–Kier alpha value is -1.12. The second kappa shape index (κ2) is 3.83. The van der Waals surface area contributed by atoms with E-state index in [1.807, 2.05) is 0 Å². The van der Waals surface area contributed by atoms with Crippen LogP contribution < -0.4 is 0 Å². The van der Waals surface area contributed by atoms with Crippen LogP contribution in [-0.4, -0.2) is 11.1 Å². The van der Waals surface area contributed by atoms with E-state index >= 15 is 0 Å². The fraction of sp³-hybridized carbons (Fsp3) is 0.167. The van der Waals surface area contributed by atoms with Gasteiger partial charge in [-0.25, -0.2) is 9.18 Å². The van der Waals surface area contributed by atoms with Crippen molar-refractivity contribution in [1.82, 2.24) is 0 Å². The van der Waals surface area contributed by atoms with Crippen molar-refractivity contribution < 1.29 is 14.3 Å². The first-order chi connectivity index (χ1) is 4.18. The summed E-state index contributed by atoms with van der Waals surface area (Å²) in [7, 11) is 0. The van der Waals surface area contributed by atoms with Crippen molar-refractivity contribution in [1.29, 1.82) is 0 Å². The molecule has 0 aliphatic carbocycles. The summed E-state index contributed by atoms with van der Waals surface area (Å²) >= 11 is 0. The molecule has 0 unspecified atom stereocenters. The predicted molar refractivity (Wildman–Crippen MR) is 31.6 cm³/mol. The molecule has 1 N–H and O–H groups in total. The van der Waals surface area contributed by atoms with Crippen LogP contribution in [0.15, 0.2) is 24.1 Å². The molecular weight excluding hydrogens is 123 g/mol. The second-order valence-electron chi connectivity index (χ2n) is 1.47. The molecule has 0 saturated heterocycles. The lowest BCUT2D eigenvalue weighted by Gasteiger charge is -1.85. The van der Waals surface area contributed by atoms with Gasteiger partial charge in [-0.1, -0.05) is 0 Å². The Morgan fingerprint density at radius 2 is 2.22 bits per heavy atom. The molecule has 0 saturated carbocycles. The lowest BCUT2D eigenvalue weighted by molar-refractivity contribution is -0.132. The van der Waals surface area contributed by atoms with Gasteiger partial charge in [-0.15, -0.1) is 0 Å². The monoisotopic (exact) mass is 130 g/mol. The first-order valence-corrected chi connectivity index (χ1v) is 2.35. The maximum Gasteiger partial charge on any atom is 0.331 e. The zero-order chi connectivity index (χ0) is 7.28. The average Bonchev–Trinajstić information content (AvgIpc) is 1.82. The van der Waals surface area contributed by atoms with E-state index in [1.165, 1.54) is 13.0 Å². The van der Waals surface area contributed by atoms with Crippen LogP contribution in [0, 0.1) is 0 Å². The molecule has 9 heavy (non-hydrogen) atoms. The smallest absolute Gasteiger partial charge is 0.331 e. The fourth-order valence-electron chi connectivity index (χ4n) is 0.252. The molecule has 0 aromatic carbocycles. The first kappa shape index (κ1) is 7.88. The van der Waals surface area contributed by atoms with E-state index in [2.05, 4.69) is 0 Å². The van der Waals surface area contributed by atoms with E-state index in [1.54, 1.807) is 0 Å². The van der Waals surface area contributed by atoms with Gasteiger partial charge in [0.1, 0.15) is 0 Å². The second-order valence-corrected chi connectivity index (χ2v) is 1.47. The Bertz CT molecular complexity index is 158. The van der Waals surface area contributed by atoms with Gasteiger partial charge in [0.25, 0.3) is 0 Å². The van der Waals surface area contributed by atoms with Crippen molar-refractivity contribution >= 4 is 5.97 Å². The van der Waals surface area contributed by atoms with Gasteiger partial charge in [-0.3, -0.25) is 0 Å². The fourth-order valence-corrected chi connectivity index (χ4v) is 0.252. The van der Waals surface area contributed by atoms with E-state index in [-0.39, 0.29) is 11.9 Å². The summed E-state index contributed by atoms with van der Waals surface area (Å²) in [6.45, 7) is 1.39. The van der Waals surface area contributed by atoms with E-state index < -0.39 is 5.97 Å². The molecular formula is C6H7FO2. The summed E-state index contributed by atoms with van der Waals surface area (Å²) in [5.74, 6) is -1.03. The topological polar surface area (TPSA) is 37.3 Å². The van der Waals surface area contributed by atoms with Crippen LogP contribution in [0.3, 0.4) is 0 Å². The highest BCUT2D eigenvalue weighted by molar-refractivity contribution is 5.86. The summed E-state index contributed by atoms with van der Waals surface area (Å²) in [5, 5.41) is 8.18. The number of hydrogen-bond donors (Lipinski definition) is 1. The zero-order valence-electron chi connectivity index (χ0n) is 4.97. The molecule has 3 heteroatoms. The van der Waals surface area contributed by atoms with E-state index in [0.717, 1.165) is 6.08 Å². The maximum absolute atomic E-state index is 11.2. The van der Waals surface area contributed by atoms with Crippen LogP contribution in [0.5, 0.6) is 0 Å². The zero-order valence-corrected chi connectivity index (χ0v) is 4.97. The Kier molecular flexibility index (Phi) is 3.35. The minimum Gasteiger partial charge on any atom is -0.478 e. The molecule has 0 aliphatic rings. The molecule has 0 heterocycles. The Morgan fingerprint density at radius 3 is 2.56 bits per heavy atom. The normalized spacial score (nSPS) is 12.4. The Morgan fingerprint density at radius 1 is 1.67 bits per heavy atom. The number of halogens is 1. The molecule has 0 amide bonds. The highest BCUT2D eigenvalue weighted by Gasteiger charge is 1.94. The highest BCUT2D eigenvalue weighted by atomic mass is 19.1. The predicted octanol–water partition coefficient (Wildman–Crippen LogP) is 1.50. The van der Waals surface area contributed by atoms with Crippen LogP contribution in [-0.2, 0) is 4.79 Å². The van der Waals surface area contributed by atoms with Crippen molar-refractivity contribution in [3.63, 3.8) is 0 Å². The SMILES string of the molecule is CC(=CC=CF)C(=O)O. The van der Waals surface area contributed by atoms with Gasteiger partial charge in [0.05, 0.1) is 6.33 Å². The van der Waals surface area contributed by atoms with Crippen molar-refractivity contribution in [3.05, 3.63) is 24.1 Å². The number of rotatable bonds is 2. The van der Waals surface area contributed by atoms with Crippen molar-refractivity contribution in [3.8, 4) is 0 Å². The van der Waals surface area contributed by atoms with Crippen LogP contribution in [0.1, 0.15) is 6.92 Å². The molecule has 0 atom stereocenters. The number of aliphatic carboxylic acids is 1. The van der Waals surface area contributed by atoms with E-state index in [0.29, 0.717) is 0 Å². The molecule has 0 bridgehead atoms. The van der Waals surface area contributed by atoms with Crippen LogP contribution in [0.2, 0.25) is 0 Å². The minimum absolute atomic E-state index is 0.115. The van der Waals surface area contributed by atoms with Gasteiger partial charge >= 0.3 is 5.97 Å². The average molecular weight is 130 g/mol. The Labute approximate surface area is 52.3 Å². The van der Waals surface area contributed by atoms with Crippen LogP contribution in [0.4, 0.5) is 4.39 Å². The molecule has 50 valence electrons. The van der Waals surface area contributed by atoms with E-state index in [9.17, 15) is 9.18 Å². The molecule has 0 radical (unpaired) electrons. The summed E-state index contributed by atoms with van der Waals surface area (Å²) < 4.78 is 11.2. The van der Waals surface area contributed by atoms with Gasteiger partial charge in [0.15, 0.2) is 0 Å². The van der Waals surface area contributed by atoms with Gasteiger partial charge in [-0.2, -0.15) is 0 Å². The third kappa shape index (κ3) is 3.46. The Balaban J connectivity index is 4.00. The van der Waals surface area contributed by atoms with Crippen molar-refractivity contribution in [2.75, 3.05) is 0 Å². The molecule has 0 fully saturated rings. The molecule has 0 aliphatic heterocycles. The molecule has 0 aromatic heterocycles. The molecule has 0 aromatic rings. The number of carboxylic acid groups (broad SMARTS) is 1. The number of hydrogen-bond acceptors (Lipinski definition) is 1. The van der Waals surface area contributed by atoms with E-state index in [4.69, 9.17) is 5.11 Å². The lowest BCUT2D eigenvalue weighted by atomic mass is 10.3. The number of carbonyl (C=O) groups is 1. The molecule has 0 spiro atoms. The van der Waals surface area contributed by atoms with Crippen molar-refractivity contribution in [2.24, 2.45) is 0 Å². The van der Waals surface area contributed by atoms with Gasteiger partial charge in [-0.05, 0) is 19.1 Å². The van der Waals surface area contributed by atoms with Crippen molar-refractivity contribution in [2.45, 2.75) is 6.92 Å². The lowest BCUT2D eigenvalue weighted by Crippen LogP contribution is -1.94. The largest absolute Gasteiger partial charge is 0.478 e. The molecule has 0 rings (SSSR count). The highest BCUT2D eigenvalue weighted by Crippen LogP contribution is 1.91. The summed E-state index contributed by atoms with van der Waals surface area (Å²) in [6.07, 6.45) is 2.50. The van der Waals surface area contributed by atoms with Gasteiger partial charge in [0.2, 0.25) is 0 Å².